The number of aryl methyl sites for hydroxylation is 1. The van der Waals surface area contributed by atoms with E-state index in [-0.39, 0.29) is 6.03 Å². The third-order valence-electron chi connectivity index (χ3n) is 3.90. The number of hydrogen-bond donors (Lipinski definition) is 2. The van der Waals surface area contributed by atoms with Crippen molar-refractivity contribution in [2.75, 3.05) is 51.1 Å². The molecule has 0 unspecified atom stereocenters. The SMILES string of the molecule is CCN1CCN(CCNC(=O)Nc2cccc(C)c2)CC1. The van der Waals surface area contributed by atoms with E-state index in [2.05, 4.69) is 27.4 Å². The minimum Gasteiger partial charge on any atom is -0.337 e. The summed E-state index contributed by atoms with van der Waals surface area (Å²) in [7, 11) is 0. The zero-order valence-electron chi connectivity index (χ0n) is 13.1. The first-order chi connectivity index (χ1) is 10.2. The topological polar surface area (TPSA) is 47.6 Å². The van der Waals surface area contributed by atoms with Gasteiger partial charge in [0.1, 0.15) is 0 Å². The molecule has 0 spiro atoms. The van der Waals surface area contributed by atoms with E-state index in [1.165, 1.54) is 0 Å². The minimum absolute atomic E-state index is 0.132. The van der Waals surface area contributed by atoms with Crippen LogP contribution in [0.15, 0.2) is 24.3 Å². The van der Waals surface area contributed by atoms with Crippen molar-refractivity contribution in [3.8, 4) is 0 Å². The maximum atomic E-state index is 11.8. The van der Waals surface area contributed by atoms with Crippen molar-refractivity contribution < 1.29 is 4.79 Å². The van der Waals surface area contributed by atoms with E-state index in [0.29, 0.717) is 6.54 Å². The monoisotopic (exact) mass is 290 g/mol. The van der Waals surface area contributed by atoms with Gasteiger partial charge in [0.15, 0.2) is 0 Å². The average molecular weight is 290 g/mol. The second-order valence-electron chi connectivity index (χ2n) is 5.53. The van der Waals surface area contributed by atoms with Crippen molar-refractivity contribution in [2.45, 2.75) is 13.8 Å². The van der Waals surface area contributed by atoms with E-state index in [1.807, 2.05) is 31.2 Å². The molecule has 0 saturated carbocycles. The van der Waals surface area contributed by atoms with E-state index in [0.717, 1.165) is 50.5 Å². The van der Waals surface area contributed by atoms with Crippen LogP contribution in [0.1, 0.15) is 12.5 Å². The van der Waals surface area contributed by atoms with Gasteiger partial charge in [-0.3, -0.25) is 4.90 Å². The standard InChI is InChI=1S/C16H26N4O/c1-3-19-9-11-20(12-10-19)8-7-17-16(21)18-15-6-4-5-14(2)13-15/h4-6,13H,3,7-12H2,1-2H3,(H2,17,18,21). The lowest BCUT2D eigenvalue weighted by Gasteiger charge is -2.33. The summed E-state index contributed by atoms with van der Waals surface area (Å²) in [6, 6.07) is 7.69. The van der Waals surface area contributed by atoms with E-state index >= 15 is 0 Å². The molecule has 1 heterocycles. The molecule has 2 rings (SSSR count). The molecule has 0 atom stereocenters. The van der Waals surface area contributed by atoms with Crippen LogP contribution < -0.4 is 10.6 Å². The fraction of sp³-hybridized carbons (Fsp3) is 0.562. The molecule has 1 saturated heterocycles. The third kappa shape index (κ3) is 5.36. The van der Waals surface area contributed by atoms with Crippen LogP contribution in [0.2, 0.25) is 0 Å². The predicted molar refractivity (Wildman–Crippen MR) is 86.8 cm³/mol. The summed E-state index contributed by atoms with van der Waals surface area (Å²) >= 11 is 0. The van der Waals surface area contributed by atoms with Crippen molar-refractivity contribution in [3.63, 3.8) is 0 Å². The van der Waals surface area contributed by atoms with Gasteiger partial charge in [0.25, 0.3) is 0 Å². The zero-order chi connectivity index (χ0) is 15.1. The number of urea groups is 1. The number of benzene rings is 1. The highest BCUT2D eigenvalue weighted by Gasteiger charge is 2.14. The van der Waals surface area contributed by atoms with E-state index in [9.17, 15) is 4.79 Å². The molecule has 1 fully saturated rings. The quantitative estimate of drug-likeness (QED) is 0.868. The predicted octanol–water partition coefficient (Wildman–Crippen LogP) is 1.75. The fourth-order valence-corrected chi connectivity index (χ4v) is 2.55. The Labute approximate surface area is 127 Å². The van der Waals surface area contributed by atoms with Crippen LogP contribution in [-0.2, 0) is 0 Å². The number of nitrogens with zero attached hydrogens (tertiary/aromatic N) is 2. The van der Waals surface area contributed by atoms with Crippen LogP contribution in [0, 0.1) is 6.92 Å². The van der Waals surface area contributed by atoms with Crippen LogP contribution in [0.4, 0.5) is 10.5 Å². The van der Waals surface area contributed by atoms with Crippen LogP contribution in [0.3, 0.4) is 0 Å². The number of hydrogen-bond acceptors (Lipinski definition) is 3. The Morgan fingerprint density at radius 2 is 1.90 bits per heavy atom. The van der Waals surface area contributed by atoms with E-state index in [4.69, 9.17) is 0 Å². The van der Waals surface area contributed by atoms with Crippen LogP contribution in [-0.4, -0.2) is 61.6 Å². The minimum atomic E-state index is -0.132. The molecule has 2 N–H and O–H groups in total. The molecule has 2 amide bonds. The van der Waals surface area contributed by atoms with Crippen molar-refractivity contribution in [1.29, 1.82) is 0 Å². The van der Waals surface area contributed by atoms with Gasteiger partial charge in [-0.05, 0) is 31.2 Å². The van der Waals surface area contributed by atoms with E-state index in [1.54, 1.807) is 0 Å². The van der Waals surface area contributed by atoms with Crippen molar-refractivity contribution in [1.82, 2.24) is 15.1 Å². The number of carbonyl (C=O) groups excluding carboxylic acids is 1. The van der Waals surface area contributed by atoms with Crippen molar-refractivity contribution in [2.24, 2.45) is 0 Å². The number of piperazine rings is 1. The lowest BCUT2D eigenvalue weighted by Crippen LogP contribution is -2.48. The van der Waals surface area contributed by atoms with Gasteiger partial charge in [-0.2, -0.15) is 0 Å². The molecule has 5 heteroatoms. The largest absolute Gasteiger partial charge is 0.337 e. The molecule has 1 aliphatic rings. The lowest BCUT2D eigenvalue weighted by molar-refractivity contribution is 0.138. The molecule has 0 aromatic heterocycles. The summed E-state index contributed by atoms with van der Waals surface area (Å²) < 4.78 is 0. The Hall–Kier alpha value is -1.59. The van der Waals surface area contributed by atoms with Crippen LogP contribution in [0.5, 0.6) is 0 Å². The fourth-order valence-electron chi connectivity index (χ4n) is 2.55. The van der Waals surface area contributed by atoms with E-state index < -0.39 is 0 Å². The summed E-state index contributed by atoms with van der Waals surface area (Å²) in [5.74, 6) is 0. The van der Waals surface area contributed by atoms with Gasteiger partial charge in [-0.25, -0.2) is 4.79 Å². The molecular weight excluding hydrogens is 264 g/mol. The Kier molecular flexibility index (Phi) is 6.02. The number of amides is 2. The van der Waals surface area contributed by atoms with Gasteiger partial charge in [0, 0.05) is 45.0 Å². The second-order valence-corrected chi connectivity index (χ2v) is 5.53. The Morgan fingerprint density at radius 3 is 2.57 bits per heavy atom. The summed E-state index contributed by atoms with van der Waals surface area (Å²) in [6.07, 6.45) is 0. The van der Waals surface area contributed by atoms with Gasteiger partial charge in [-0.15, -0.1) is 0 Å². The molecule has 1 aromatic rings. The number of anilines is 1. The zero-order valence-corrected chi connectivity index (χ0v) is 13.1. The first-order valence-corrected chi connectivity index (χ1v) is 7.73. The number of carbonyl (C=O) groups is 1. The summed E-state index contributed by atoms with van der Waals surface area (Å²) in [4.78, 5) is 16.7. The molecule has 1 aliphatic heterocycles. The normalized spacial score (nSPS) is 16.7. The molecule has 116 valence electrons. The van der Waals surface area contributed by atoms with Gasteiger partial charge < -0.3 is 15.5 Å². The first-order valence-electron chi connectivity index (χ1n) is 7.73. The highest BCUT2D eigenvalue weighted by atomic mass is 16.2. The number of rotatable bonds is 5. The summed E-state index contributed by atoms with van der Waals surface area (Å²) in [5.41, 5.74) is 1.98. The van der Waals surface area contributed by atoms with Gasteiger partial charge in [-0.1, -0.05) is 19.1 Å². The highest BCUT2D eigenvalue weighted by Crippen LogP contribution is 2.08. The number of likely N-dealkylation sites (N-methyl/N-ethyl adjacent to an activating group) is 1. The van der Waals surface area contributed by atoms with Gasteiger partial charge in [0.05, 0.1) is 0 Å². The molecule has 5 nitrogen and oxygen atoms in total. The second kappa shape index (κ2) is 8.00. The molecule has 0 bridgehead atoms. The van der Waals surface area contributed by atoms with Crippen LogP contribution in [0.25, 0.3) is 0 Å². The summed E-state index contributed by atoms with van der Waals surface area (Å²) in [6.45, 7) is 11.4. The molecule has 0 aliphatic carbocycles. The molecule has 0 radical (unpaired) electrons. The van der Waals surface area contributed by atoms with Crippen molar-refractivity contribution >= 4 is 11.7 Å². The molecular formula is C16H26N4O. The van der Waals surface area contributed by atoms with Crippen LogP contribution >= 0.6 is 0 Å². The summed E-state index contributed by atoms with van der Waals surface area (Å²) in [5, 5.41) is 5.78. The lowest BCUT2D eigenvalue weighted by atomic mass is 10.2. The average Bonchev–Trinajstić information content (AvgIpc) is 2.48. The molecule has 1 aromatic carbocycles. The highest BCUT2D eigenvalue weighted by molar-refractivity contribution is 5.89. The Balaban J connectivity index is 1.63. The number of nitrogens with one attached hydrogen (secondary N) is 2. The van der Waals surface area contributed by atoms with Gasteiger partial charge >= 0.3 is 6.03 Å². The maximum Gasteiger partial charge on any atom is 0.319 e. The molecule has 21 heavy (non-hydrogen) atoms. The third-order valence-corrected chi connectivity index (χ3v) is 3.90. The van der Waals surface area contributed by atoms with Gasteiger partial charge in [0.2, 0.25) is 0 Å². The van der Waals surface area contributed by atoms with Crippen molar-refractivity contribution in [3.05, 3.63) is 29.8 Å². The Morgan fingerprint density at radius 1 is 1.19 bits per heavy atom. The smallest absolute Gasteiger partial charge is 0.319 e. The Bertz CT molecular complexity index is 455. The first kappa shape index (κ1) is 15.8. The maximum absolute atomic E-state index is 11.8.